The zero-order valence-electron chi connectivity index (χ0n) is 10.5. The Morgan fingerprint density at radius 2 is 1.71 bits per heavy atom. The van der Waals surface area contributed by atoms with Crippen LogP contribution >= 0.6 is 0 Å². The summed E-state index contributed by atoms with van der Waals surface area (Å²) in [7, 11) is -1.25. The van der Waals surface area contributed by atoms with Gasteiger partial charge in [-0.05, 0) is 25.0 Å². The summed E-state index contributed by atoms with van der Waals surface area (Å²) in [5.41, 5.74) is 0. The number of hydrogen-bond acceptors (Lipinski definition) is 4. The van der Waals surface area contributed by atoms with E-state index < -0.39 is 7.32 Å². The van der Waals surface area contributed by atoms with Gasteiger partial charge in [0.2, 0.25) is 0 Å². The fourth-order valence-corrected chi connectivity index (χ4v) is 1.48. The molecule has 4 nitrogen and oxygen atoms in total. The van der Waals surface area contributed by atoms with E-state index in [2.05, 4.69) is 13.8 Å². The molecule has 0 fully saturated rings. The average molecular weight is 237 g/mol. The van der Waals surface area contributed by atoms with Crippen molar-refractivity contribution in [3.8, 4) is 5.75 Å². The van der Waals surface area contributed by atoms with Crippen molar-refractivity contribution in [3.05, 3.63) is 30.3 Å². The monoisotopic (exact) mass is 237 g/mol. The lowest BCUT2D eigenvalue weighted by molar-refractivity contribution is -0.0922. The van der Waals surface area contributed by atoms with Crippen molar-refractivity contribution in [2.45, 2.75) is 26.7 Å². The minimum atomic E-state index is -1.25. The Morgan fingerprint density at radius 1 is 1.12 bits per heavy atom. The molecule has 17 heavy (non-hydrogen) atoms. The van der Waals surface area contributed by atoms with E-state index >= 15 is 0 Å². The fourth-order valence-electron chi connectivity index (χ4n) is 1.48. The lowest BCUT2D eigenvalue weighted by atomic mass is 10.2. The topological polar surface area (TPSA) is 41.9 Å². The summed E-state index contributed by atoms with van der Waals surface area (Å²) >= 11 is 0. The summed E-state index contributed by atoms with van der Waals surface area (Å²) in [6.45, 7) is 5.69. The van der Waals surface area contributed by atoms with Gasteiger partial charge in [-0.15, -0.1) is 0 Å². The fraction of sp³-hybridized carbons (Fsp3) is 0.500. The number of para-hydroxylation sites is 1. The number of hydroxylamine groups is 2. The van der Waals surface area contributed by atoms with Crippen molar-refractivity contribution < 1.29 is 14.4 Å². The lowest BCUT2D eigenvalue weighted by Gasteiger charge is -2.21. The summed E-state index contributed by atoms with van der Waals surface area (Å²) in [5, 5.41) is 11.4. The van der Waals surface area contributed by atoms with Crippen LogP contribution in [-0.4, -0.2) is 30.5 Å². The van der Waals surface area contributed by atoms with Crippen molar-refractivity contribution in [1.29, 1.82) is 0 Å². The van der Waals surface area contributed by atoms with Crippen molar-refractivity contribution in [2.75, 3.05) is 13.1 Å². The van der Waals surface area contributed by atoms with E-state index in [1.54, 1.807) is 17.2 Å². The molecule has 1 aromatic carbocycles. The standard InChI is InChI=1S/C12H20BNO3/c1-3-10-14(11-4-2)17-13(15)16-12-8-6-5-7-9-12/h5-9,15H,3-4,10-11H2,1-2H3. The first-order chi connectivity index (χ1) is 8.26. The van der Waals surface area contributed by atoms with Gasteiger partial charge in [0.05, 0.1) is 0 Å². The van der Waals surface area contributed by atoms with Gasteiger partial charge in [0.25, 0.3) is 0 Å². The Labute approximate surface area is 103 Å². The molecule has 0 saturated heterocycles. The smallest absolute Gasteiger partial charge is 0.511 e. The summed E-state index contributed by atoms with van der Waals surface area (Å²) < 4.78 is 10.5. The van der Waals surface area contributed by atoms with Crippen LogP contribution in [0.25, 0.3) is 0 Å². The molecule has 1 rings (SSSR count). The lowest BCUT2D eigenvalue weighted by Crippen LogP contribution is -2.37. The van der Waals surface area contributed by atoms with Crippen LogP contribution in [0.3, 0.4) is 0 Å². The molecule has 0 radical (unpaired) electrons. The highest BCUT2D eigenvalue weighted by Gasteiger charge is 2.22. The van der Waals surface area contributed by atoms with Crippen molar-refractivity contribution in [2.24, 2.45) is 0 Å². The third kappa shape index (κ3) is 5.72. The quantitative estimate of drug-likeness (QED) is 0.555. The zero-order chi connectivity index (χ0) is 12.5. The number of benzene rings is 1. The summed E-state index contributed by atoms with van der Waals surface area (Å²) in [4.78, 5) is 0. The van der Waals surface area contributed by atoms with E-state index in [-0.39, 0.29) is 0 Å². The second-order valence-electron chi connectivity index (χ2n) is 3.77. The second-order valence-corrected chi connectivity index (χ2v) is 3.77. The maximum absolute atomic E-state index is 9.64. The highest BCUT2D eigenvalue weighted by atomic mass is 16.8. The molecule has 0 unspecified atom stereocenters. The molecule has 0 spiro atoms. The molecule has 5 heteroatoms. The first-order valence-electron chi connectivity index (χ1n) is 6.07. The van der Waals surface area contributed by atoms with Gasteiger partial charge in [-0.1, -0.05) is 32.0 Å². The summed E-state index contributed by atoms with van der Waals surface area (Å²) in [6.07, 6.45) is 1.94. The van der Waals surface area contributed by atoms with Gasteiger partial charge >= 0.3 is 7.32 Å². The molecule has 0 heterocycles. The molecular formula is C12H20BNO3. The van der Waals surface area contributed by atoms with Gasteiger partial charge in [0.15, 0.2) is 0 Å². The molecule has 1 aromatic rings. The van der Waals surface area contributed by atoms with Crippen LogP contribution in [0.5, 0.6) is 5.75 Å². The van der Waals surface area contributed by atoms with E-state index in [1.807, 2.05) is 18.2 Å². The molecule has 0 amide bonds. The Balaban J connectivity index is 2.38. The molecular weight excluding hydrogens is 217 g/mol. The first kappa shape index (κ1) is 14.0. The minimum absolute atomic E-state index is 0.591. The molecule has 0 aliphatic rings. The third-order valence-corrected chi connectivity index (χ3v) is 2.17. The van der Waals surface area contributed by atoms with Crippen molar-refractivity contribution >= 4 is 7.32 Å². The van der Waals surface area contributed by atoms with Gasteiger partial charge in [0.1, 0.15) is 5.75 Å². The highest BCUT2D eigenvalue weighted by Crippen LogP contribution is 2.10. The van der Waals surface area contributed by atoms with Crippen LogP contribution in [0.15, 0.2) is 30.3 Å². The molecule has 0 saturated carbocycles. The maximum atomic E-state index is 9.64. The molecule has 0 atom stereocenters. The average Bonchev–Trinajstić information content (AvgIpc) is 2.30. The van der Waals surface area contributed by atoms with Gasteiger partial charge in [-0.2, -0.15) is 0 Å². The number of rotatable bonds is 8. The molecule has 1 N–H and O–H groups in total. The second kappa shape index (κ2) is 8.11. The summed E-state index contributed by atoms with van der Waals surface area (Å²) in [5.74, 6) is 0.591. The number of nitrogens with zero attached hydrogens (tertiary/aromatic N) is 1. The first-order valence-corrected chi connectivity index (χ1v) is 6.07. The Bertz CT molecular complexity index is 291. The van der Waals surface area contributed by atoms with Crippen LogP contribution in [0.4, 0.5) is 0 Å². The van der Waals surface area contributed by atoms with Crippen molar-refractivity contribution in [1.82, 2.24) is 5.06 Å². The SMILES string of the molecule is CCCN(CCC)OB(O)Oc1ccccc1. The van der Waals surface area contributed by atoms with E-state index in [9.17, 15) is 5.02 Å². The third-order valence-electron chi connectivity index (χ3n) is 2.17. The predicted octanol–water partition coefficient (Wildman–Crippen LogP) is 2.10. The van der Waals surface area contributed by atoms with Crippen LogP contribution in [0.2, 0.25) is 0 Å². The van der Waals surface area contributed by atoms with E-state index in [0.717, 1.165) is 25.9 Å². The van der Waals surface area contributed by atoms with Gasteiger partial charge in [-0.3, -0.25) is 4.76 Å². The Kier molecular flexibility index (Phi) is 6.70. The molecule has 94 valence electrons. The maximum Gasteiger partial charge on any atom is 0.728 e. The molecule has 0 aliphatic carbocycles. The van der Waals surface area contributed by atoms with Crippen LogP contribution < -0.4 is 4.65 Å². The Hall–Kier alpha value is -1.04. The van der Waals surface area contributed by atoms with Crippen LogP contribution in [-0.2, 0) is 4.76 Å². The van der Waals surface area contributed by atoms with Crippen LogP contribution in [0, 0.1) is 0 Å². The highest BCUT2D eigenvalue weighted by molar-refractivity contribution is 6.35. The molecule has 0 bridgehead atoms. The predicted molar refractivity (Wildman–Crippen MR) is 68.3 cm³/mol. The van der Waals surface area contributed by atoms with Gasteiger partial charge in [-0.25, -0.2) is 5.06 Å². The minimum Gasteiger partial charge on any atom is -0.511 e. The van der Waals surface area contributed by atoms with E-state index in [1.165, 1.54) is 0 Å². The Morgan fingerprint density at radius 3 is 2.24 bits per heavy atom. The van der Waals surface area contributed by atoms with E-state index in [0.29, 0.717) is 5.75 Å². The zero-order valence-corrected chi connectivity index (χ0v) is 10.5. The van der Waals surface area contributed by atoms with Crippen molar-refractivity contribution in [3.63, 3.8) is 0 Å². The largest absolute Gasteiger partial charge is 0.728 e. The van der Waals surface area contributed by atoms with Gasteiger partial charge in [0, 0.05) is 13.1 Å². The number of hydrogen-bond donors (Lipinski definition) is 1. The summed E-state index contributed by atoms with van der Waals surface area (Å²) in [6, 6.07) is 9.13. The molecule has 0 aliphatic heterocycles. The van der Waals surface area contributed by atoms with Crippen LogP contribution in [0.1, 0.15) is 26.7 Å². The van der Waals surface area contributed by atoms with Gasteiger partial charge < -0.3 is 9.68 Å². The van der Waals surface area contributed by atoms with E-state index in [4.69, 9.17) is 9.41 Å². The normalized spacial score (nSPS) is 10.6. The molecule has 0 aromatic heterocycles.